The molecule has 1 heterocycles. The van der Waals surface area contributed by atoms with Crippen molar-refractivity contribution in [3.05, 3.63) is 134 Å². The molecule has 0 aromatic heterocycles. The zero-order chi connectivity index (χ0) is 25.5. The predicted molar refractivity (Wildman–Crippen MR) is 166 cm³/mol. The fourth-order valence-corrected chi connectivity index (χ4v) is 11.9. The summed E-state index contributed by atoms with van der Waals surface area (Å²) >= 11 is 0. The van der Waals surface area contributed by atoms with Crippen molar-refractivity contribution in [3.8, 4) is 0 Å². The molecule has 0 aliphatic carbocycles. The Kier molecular flexibility index (Phi) is 8.63. The lowest BCUT2D eigenvalue weighted by atomic mass is 10.2. The molecule has 0 spiro atoms. The van der Waals surface area contributed by atoms with E-state index < -0.39 is 7.92 Å². The molecule has 1 amide bonds. The molecular formula is C32H32NOP3. The molecule has 1 fully saturated rings. The molecule has 4 aromatic rings. The summed E-state index contributed by atoms with van der Waals surface area (Å²) in [5, 5.41) is 5.15. The van der Waals surface area contributed by atoms with E-state index in [-0.39, 0.29) is 11.2 Å². The number of hydrogen-bond acceptors (Lipinski definition) is 1. The quantitative estimate of drug-likeness (QED) is 0.200. The average molecular weight is 540 g/mol. The van der Waals surface area contributed by atoms with Gasteiger partial charge in [-0.25, -0.2) is 0 Å². The van der Waals surface area contributed by atoms with Crippen molar-refractivity contribution in [3.63, 3.8) is 0 Å². The molecule has 2 nitrogen and oxygen atoms in total. The highest BCUT2D eigenvalue weighted by atomic mass is 31.1. The minimum absolute atomic E-state index is 0.0554. The number of likely N-dealkylation sites (tertiary alicyclic amines) is 1. The molecule has 0 N–H and O–H groups in total. The van der Waals surface area contributed by atoms with Gasteiger partial charge in [0.25, 0.3) is 0 Å². The lowest BCUT2D eigenvalue weighted by molar-refractivity contribution is -0.127. The van der Waals surface area contributed by atoms with E-state index >= 15 is 0 Å². The molecule has 0 saturated carbocycles. The van der Waals surface area contributed by atoms with Gasteiger partial charge in [-0.2, -0.15) is 0 Å². The molecule has 1 aliphatic heterocycles. The van der Waals surface area contributed by atoms with E-state index in [0.29, 0.717) is 22.8 Å². The minimum atomic E-state index is -0.660. The molecule has 2 unspecified atom stereocenters. The zero-order valence-electron chi connectivity index (χ0n) is 20.8. The standard InChI is InChI=1S/C32H32NOP3/c1-2-31(34)33-24-28(35-26-15-7-3-8-16-26)23-32(33,36-27-17-9-4-10-18-27)25-37(29-19-11-5-12-20-29)30-21-13-6-14-22-30/h2-22,28,35-36H,1,23-25H2/t28-,32-/m1/s1. The Labute approximate surface area is 225 Å². The molecule has 5 rings (SSSR count). The van der Waals surface area contributed by atoms with Crippen LogP contribution in [0.15, 0.2) is 134 Å². The van der Waals surface area contributed by atoms with Crippen molar-refractivity contribution in [2.24, 2.45) is 0 Å². The zero-order valence-corrected chi connectivity index (χ0v) is 23.7. The van der Waals surface area contributed by atoms with Crippen LogP contribution < -0.4 is 21.2 Å². The second-order valence-electron chi connectivity index (χ2n) is 9.34. The summed E-state index contributed by atoms with van der Waals surface area (Å²) in [5.41, 5.74) is 0.436. The summed E-state index contributed by atoms with van der Waals surface area (Å²) in [6.45, 7) is 4.68. The number of benzene rings is 4. The van der Waals surface area contributed by atoms with Crippen LogP contribution in [-0.4, -0.2) is 34.5 Å². The van der Waals surface area contributed by atoms with Gasteiger partial charge in [-0.1, -0.05) is 145 Å². The Bertz CT molecular complexity index is 1260. The van der Waals surface area contributed by atoms with E-state index in [2.05, 4.69) is 133 Å². The highest BCUT2D eigenvalue weighted by Crippen LogP contribution is 2.54. The Morgan fingerprint density at radius 1 is 0.811 bits per heavy atom. The van der Waals surface area contributed by atoms with Crippen LogP contribution in [0, 0.1) is 0 Å². The van der Waals surface area contributed by atoms with Crippen molar-refractivity contribution in [1.29, 1.82) is 0 Å². The first-order chi connectivity index (χ1) is 18.2. The molecule has 4 aromatic carbocycles. The van der Waals surface area contributed by atoms with Gasteiger partial charge < -0.3 is 4.90 Å². The van der Waals surface area contributed by atoms with Crippen LogP contribution in [-0.2, 0) is 4.79 Å². The molecule has 0 bridgehead atoms. The van der Waals surface area contributed by atoms with Crippen LogP contribution in [0.25, 0.3) is 0 Å². The van der Waals surface area contributed by atoms with Gasteiger partial charge in [-0.3, -0.25) is 4.79 Å². The number of nitrogens with zero attached hydrogens (tertiary/aromatic N) is 1. The molecule has 37 heavy (non-hydrogen) atoms. The number of rotatable bonds is 9. The van der Waals surface area contributed by atoms with Crippen molar-refractivity contribution in [2.75, 3.05) is 12.7 Å². The van der Waals surface area contributed by atoms with Gasteiger partial charge in [0.2, 0.25) is 5.91 Å². The third-order valence-electron chi connectivity index (χ3n) is 6.80. The summed E-state index contributed by atoms with van der Waals surface area (Å²) in [5.74, 6) is 0.0554. The Hall–Kier alpha value is -2.62. The topological polar surface area (TPSA) is 20.3 Å². The van der Waals surface area contributed by atoms with E-state index in [1.54, 1.807) is 0 Å². The maximum atomic E-state index is 13.5. The molecule has 4 atom stereocenters. The van der Waals surface area contributed by atoms with Crippen LogP contribution in [0.3, 0.4) is 0 Å². The number of hydrogen-bond donors (Lipinski definition) is 0. The first-order valence-electron chi connectivity index (χ1n) is 12.6. The number of carbonyl (C=O) groups excluding carboxylic acids is 1. The second-order valence-corrected chi connectivity index (χ2v) is 15.0. The van der Waals surface area contributed by atoms with E-state index in [9.17, 15) is 4.79 Å². The molecule has 186 valence electrons. The fourth-order valence-electron chi connectivity index (χ4n) is 5.16. The van der Waals surface area contributed by atoms with Crippen molar-refractivity contribution < 1.29 is 4.79 Å². The predicted octanol–water partition coefficient (Wildman–Crippen LogP) is 5.61. The average Bonchev–Trinajstić information content (AvgIpc) is 3.30. The van der Waals surface area contributed by atoms with Crippen LogP contribution in [0.1, 0.15) is 6.42 Å². The highest BCUT2D eigenvalue weighted by Gasteiger charge is 2.48. The van der Waals surface area contributed by atoms with Crippen LogP contribution in [0.5, 0.6) is 0 Å². The van der Waals surface area contributed by atoms with Gasteiger partial charge in [-0.05, 0) is 41.6 Å². The van der Waals surface area contributed by atoms with Crippen LogP contribution >= 0.6 is 25.1 Å². The van der Waals surface area contributed by atoms with Crippen molar-refractivity contribution in [2.45, 2.75) is 17.4 Å². The van der Waals surface area contributed by atoms with E-state index in [4.69, 9.17) is 0 Å². The summed E-state index contributed by atoms with van der Waals surface area (Å²) < 4.78 is 0. The monoisotopic (exact) mass is 539 g/mol. The lowest BCUT2D eigenvalue weighted by Crippen LogP contribution is -2.47. The summed E-state index contributed by atoms with van der Waals surface area (Å²) in [6, 6.07) is 43.3. The Morgan fingerprint density at radius 3 is 1.81 bits per heavy atom. The van der Waals surface area contributed by atoms with Crippen LogP contribution in [0.2, 0.25) is 0 Å². The van der Waals surface area contributed by atoms with E-state index in [0.717, 1.165) is 19.1 Å². The summed E-state index contributed by atoms with van der Waals surface area (Å²) in [4.78, 5) is 15.7. The third kappa shape index (κ3) is 6.27. The van der Waals surface area contributed by atoms with Gasteiger partial charge in [0, 0.05) is 18.4 Å². The Morgan fingerprint density at radius 2 is 1.30 bits per heavy atom. The fraction of sp³-hybridized carbons (Fsp3) is 0.156. The SMILES string of the molecule is C=CC(=O)N1C[C@H](Pc2ccccc2)C[C@]1(CP(c1ccccc1)c1ccccc1)Pc1ccccc1. The number of carbonyl (C=O) groups is 1. The highest BCUT2D eigenvalue weighted by molar-refractivity contribution is 7.73. The maximum Gasteiger partial charge on any atom is 0.246 e. The molecular weight excluding hydrogens is 507 g/mol. The van der Waals surface area contributed by atoms with Crippen molar-refractivity contribution in [1.82, 2.24) is 4.90 Å². The van der Waals surface area contributed by atoms with Gasteiger partial charge >= 0.3 is 0 Å². The van der Waals surface area contributed by atoms with Gasteiger partial charge in [0.05, 0.1) is 5.28 Å². The molecule has 5 heteroatoms. The van der Waals surface area contributed by atoms with Gasteiger partial charge in [0.1, 0.15) is 0 Å². The summed E-state index contributed by atoms with van der Waals surface area (Å²) in [6.07, 6.45) is 3.47. The van der Waals surface area contributed by atoms with Gasteiger partial charge in [-0.15, -0.1) is 0 Å². The molecule has 1 aliphatic rings. The van der Waals surface area contributed by atoms with E-state index in [1.165, 1.54) is 27.3 Å². The normalized spacial score (nSPS) is 19.8. The molecule has 0 radical (unpaired) electrons. The first-order valence-corrected chi connectivity index (χ1v) is 16.2. The Balaban J connectivity index is 1.58. The maximum absolute atomic E-state index is 13.5. The van der Waals surface area contributed by atoms with E-state index in [1.807, 2.05) is 0 Å². The minimum Gasteiger partial charge on any atom is -0.329 e. The van der Waals surface area contributed by atoms with Crippen LogP contribution in [0.4, 0.5) is 0 Å². The smallest absolute Gasteiger partial charge is 0.246 e. The van der Waals surface area contributed by atoms with Gasteiger partial charge in [0.15, 0.2) is 0 Å². The largest absolute Gasteiger partial charge is 0.329 e. The summed E-state index contributed by atoms with van der Waals surface area (Å²) in [7, 11) is 0.531. The second kappa shape index (κ2) is 12.3. The number of amides is 1. The first kappa shape index (κ1) is 26.0. The lowest BCUT2D eigenvalue weighted by Gasteiger charge is -2.41. The van der Waals surface area contributed by atoms with Crippen molar-refractivity contribution >= 4 is 52.2 Å². The third-order valence-corrected chi connectivity index (χ3v) is 13.0. The molecule has 1 saturated heterocycles.